The van der Waals surface area contributed by atoms with Crippen LogP contribution in [0.2, 0.25) is 0 Å². The minimum atomic E-state index is -0.591. The first-order valence-electron chi connectivity index (χ1n) is 10.8. The number of carbonyl (C=O) groups excluding carboxylic acids is 2. The number of Topliss-reactive ketones (excluding diaryl/α,β-unsaturated/α-hetero) is 1. The lowest BCUT2D eigenvalue weighted by Crippen LogP contribution is -2.42. The summed E-state index contributed by atoms with van der Waals surface area (Å²) in [5, 5.41) is 24.1. The van der Waals surface area contributed by atoms with Gasteiger partial charge >= 0.3 is 0 Å². The van der Waals surface area contributed by atoms with E-state index in [2.05, 4.69) is 46.0 Å². The van der Waals surface area contributed by atoms with Crippen LogP contribution in [0.1, 0.15) is 67.2 Å². The molecule has 28 heavy (non-hydrogen) atoms. The number of amides is 1. The van der Waals surface area contributed by atoms with Gasteiger partial charge in [-0.25, -0.2) is 0 Å². The molecule has 2 aliphatic rings. The zero-order valence-electron chi connectivity index (χ0n) is 18.2. The van der Waals surface area contributed by atoms with Crippen molar-refractivity contribution in [3.63, 3.8) is 0 Å². The number of ketones is 1. The van der Waals surface area contributed by atoms with Crippen LogP contribution in [0.4, 0.5) is 0 Å². The van der Waals surface area contributed by atoms with Crippen molar-refractivity contribution >= 4 is 11.7 Å². The molecule has 0 aromatic heterocycles. The predicted molar refractivity (Wildman–Crippen MR) is 111 cm³/mol. The summed E-state index contributed by atoms with van der Waals surface area (Å²) in [6, 6.07) is -0.591. The molecule has 7 atom stereocenters. The van der Waals surface area contributed by atoms with Gasteiger partial charge in [0.05, 0.1) is 12.1 Å². The molecule has 0 bridgehead atoms. The summed E-state index contributed by atoms with van der Waals surface area (Å²) < 4.78 is 0. The van der Waals surface area contributed by atoms with Crippen LogP contribution >= 0.6 is 0 Å². The third-order valence-corrected chi connectivity index (χ3v) is 7.04. The standard InChI is InChI=1S/C23H37NO4/c1-7-12(3)13(4)9-16-10-14(5)21(26)17(8-2)18(16)11-19(25)20-22(27)15(6)24-23(20)28/h9,12,14-18,21,25-26H,7-8,10-11H2,1-6H3,(H,24,28)/b13-9-,20-19-. The normalized spacial score (nSPS) is 37.0. The zero-order valence-corrected chi connectivity index (χ0v) is 18.2. The molecule has 0 spiro atoms. The molecule has 0 radical (unpaired) electrons. The minimum Gasteiger partial charge on any atom is -0.511 e. The smallest absolute Gasteiger partial charge is 0.258 e. The molecular formula is C23H37NO4. The Labute approximate surface area is 169 Å². The molecule has 1 aliphatic heterocycles. The van der Waals surface area contributed by atoms with Gasteiger partial charge in [0.1, 0.15) is 11.3 Å². The molecular weight excluding hydrogens is 354 g/mol. The van der Waals surface area contributed by atoms with Crippen molar-refractivity contribution in [3.05, 3.63) is 23.0 Å². The third kappa shape index (κ3) is 4.51. The van der Waals surface area contributed by atoms with Crippen LogP contribution in [-0.4, -0.2) is 34.0 Å². The number of allylic oxidation sites excluding steroid dienone is 3. The topological polar surface area (TPSA) is 86.6 Å². The molecule has 5 heteroatoms. The van der Waals surface area contributed by atoms with Gasteiger partial charge in [-0.05, 0) is 56.3 Å². The second kappa shape index (κ2) is 9.25. The molecule has 7 unspecified atom stereocenters. The van der Waals surface area contributed by atoms with Gasteiger partial charge in [-0.2, -0.15) is 0 Å². The first kappa shape index (κ1) is 22.7. The first-order chi connectivity index (χ1) is 13.1. The summed E-state index contributed by atoms with van der Waals surface area (Å²) in [5.41, 5.74) is 1.23. The molecule has 2 rings (SSSR count). The van der Waals surface area contributed by atoms with Crippen molar-refractivity contribution in [2.45, 2.75) is 79.4 Å². The second-order valence-corrected chi connectivity index (χ2v) is 8.91. The Morgan fingerprint density at radius 2 is 1.89 bits per heavy atom. The van der Waals surface area contributed by atoms with E-state index < -0.39 is 18.1 Å². The maximum Gasteiger partial charge on any atom is 0.258 e. The van der Waals surface area contributed by atoms with Crippen LogP contribution in [0, 0.1) is 29.6 Å². The van der Waals surface area contributed by atoms with Gasteiger partial charge in [0.25, 0.3) is 5.91 Å². The fourth-order valence-corrected chi connectivity index (χ4v) is 4.86. The van der Waals surface area contributed by atoms with Gasteiger partial charge in [0, 0.05) is 6.42 Å². The second-order valence-electron chi connectivity index (χ2n) is 8.91. The number of aliphatic hydroxyl groups excluding tert-OH is 2. The molecule has 0 aromatic rings. The van der Waals surface area contributed by atoms with Crippen molar-refractivity contribution in [2.24, 2.45) is 29.6 Å². The van der Waals surface area contributed by atoms with E-state index in [1.54, 1.807) is 6.92 Å². The summed E-state index contributed by atoms with van der Waals surface area (Å²) >= 11 is 0. The van der Waals surface area contributed by atoms with E-state index in [1.807, 2.05) is 0 Å². The van der Waals surface area contributed by atoms with Crippen molar-refractivity contribution < 1.29 is 19.8 Å². The number of hydrogen-bond acceptors (Lipinski definition) is 4. The quantitative estimate of drug-likeness (QED) is 0.277. The van der Waals surface area contributed by atoms with Crippen molar-refractivity contribution in [2.75, 3.05) is 0 Å². The van der Waals surface area contributed by atoms with Crippen molar-refractivity contribution in [3.8, 4) is 0 Å². The highest BCUT2D eigenvalue weighted by Gasteiger charge is 2.43. The Morgan fingerprint density at radius 1 is 1.25 bits per heavy atom. The SMILES string of the molecule is CCC(C)/C(C)=C\C1CC(C)C(O)C(CC)C1C/C(O)=C1/C(=O)NC(C)C1=O. The molecule has 2 fully saturated rings. The highest BCUT2D eigenvalue weighted by atomic mass is 16.3. The molecule has 158 valence electrons. The number of rotatable bonds is 6. The molecule has 0 aromatic carbocycles. The highest BCUT2D eigenvalue weighted by molar-refractivity contribution is 6.26. The Balaban J connectivity index is 2.39. The molecule has 5 nitrogen and oxygen atoms in total. The number of carbonyl (C=O) groups is 2. The lowest BCUT2D eigenvalue weighted by atomic mass is 9.63. The summed E-state index contributed by atoms with van der Waals surface area (Å²) in [6.07, 6.45) is 4.82. The maximum atomic E-state index is 12.3. The highest BCUT2D eigenvalue weighted by Crippen LogP contribution is 2.44. The van der Waals surface area contributed by atoms with E-state index in [1.165, 1.54) is 5.57 Å². The fraction of sp³-hybridized carbons (Fsp3) is 0.739. The zero-order chi connectivity index (χ0) is 21.2. The van der Waals surface area contributed by atoms with E-state index >= 15 is 0 Å². The number of hydrogen-bond donors (Lipinski definition) is 3. The van der Waals surface area contributed by atoms with Crippen LogP contribution in [0.5, 0.6) is 0 Å². The molecule has 1 saturated heterocycles. The van der Waals surface area contributed by atoms with Gasteiger partial charge in [0.2, 0.25) is 0 Å². The first-order valence-corrected chi connectivity index (χ1v) is 10.8. The molecule has 1 heterocycles. The van der Waals surface area contributed by atoms with Gasteiger partial charge in [-0.3, -0.25) is 9.59 Å². The molecule has 1 saturated carbocycles. The summed E-state index contributed by atoms with van der Waals surface area (Å²) in [7, 11) is 0. The fourth-order valence-electron chi connectivity index (χ4n) is 4.86. The van der Waals surface area contributed by atoms with Gasteiger partial charge in [-0.1, -0.05) is 45.8 Å². The Hall–Kier alpha value is -1.62. The summed E-state index contributed by atoms with van der Waals surface area (Å²) in [5.74, 6) is -0.0718. The van der Waals surface area contributed by atoms with Crippen LogP contribution in [-0.2, 0) is 9.59 Å². The van der Waals surface area contributed by atoms with Crippen LogP contribution in [0.15, 0.2) is 23.0 Å². The lowest BCUT2D eigenvalue weighted by Gasteiger charge is -2.44. The maximum absolute atomic E-state index is 12.3. The van der Waals surface area contributed by atoms with Crippen LogP contribution in [0.3, 0.4) is 0 Å². The number of aliphatic hydroxyl groups is 2. The molecule has 3 N–H and O–H groups in total. The van der Waals surface area contributed by atoms with Crippen LogP contribution < -0.4 is 5.32 Å². The Bertz CT molecular complexity index is 666. The van der Waals surface area contributed by atoms with E-state index in [-0.39, 0.29) is 47.2 Å². The van der Waals surface area contributed by atoms with Crippen LogP contribution in [0.25, 0.3) is 0 Å². The Kier molecular flexibility index (Phi) is 7.49. The average Bonchev–Trinajstić information content (AvgIpc) is 2.90. The summed E-state index contributed by atoms with van der Waals surface area (Å²) in [4.78, 5) is 24.4. The summed E-state index contributed by atoms with van der Waals surface area (Å²) in [6.45, 7) is 12.3. The third-order valence-electron chi connectivity index (χ3n) is 7.04. The van der Waals surface area contributed by atoms with Gasteiger partial charge < -0.3 is 15.5 Å². The van der Waals surface area contributed by atoms with Crippen molar-refractivity contribution in [1.82, 2.24) is 5.32 Å². The van der Waals surface area contributed by atoms with Gasteiger partial charge in [-0.15, -0.1) is 0 Å². The monoisotopic (exact) mass is 391 g/mol. The number of nitrogens with one attached hydrogen (secondary N) is 1. The van der Waals surface area contributed by atoms with E-state index in [0.29, 0.717) is 5.92 Å². The molecule has 1 amide bonds. The lowest BCUT2D eigenvalue weighted by molar-refractivity contribution is -0.117. The van der Waals surface area contributed by atoms with Crippen molar-refractivity contribution in [1.29, 1.82) is 0 Å². The van der Waals surface area contributed by atoms with Gasteiger partial charge in [0.15, 0.2) is 5.78 Å². The largest absolute Gasteiger partial charge is 0.511 e. The predicted octanol–water partition coefficient (Wildman–Crippen LogP) is 3.93. The van der Waals surface area contributed by atoms with E-state index in [9.17, 15) is 19.8 Å². The van der Waals surface area contributed by atoms with E-state index in [4.69, 9.17) is 0 Å². The van der Waals surface area contributed by atoms with E-state index in [0.717, 1.165) is 19.3 Å². The molecule has 1 aliphatic carbocycles. The minimum absolute atomic E-state index is 0.000729. The average molecular weight is 392 g/mol. The Morgan fingerprint density at radius 3 is 2.39 bits per heavy atom.